The molecule has 17 heavy (non-hydrogen) atoms. The van der Waals surface area contributed by atoms with E-state index in [1.165, 1.54) is 0 Å². The van der Waals surface area contributed by atoms with Crippen molar-refractivity contribution >= 4 is 11.7 Å². The van der Waals surface area contributed by atoms with E-state index in [0.717, 1.165) is 32.1 Å². The first-order valence-electron chi connectivity index (χ1n) is 6.33. The molecule has 1 amide bonds. The molecule has 0 radical (unpaired) electrons. The van der Waals surface area contributed by atoms with Gasteiger partial charge >= 0.3 is 0 Å². The summed E-state index contributed by atoms with van der Waals surface area (Å²) >= 11 is 0. The number of amidine groups is 1. The molecule has 1 aliphatic rings. The van der Waals surface area contributed by atoms with Crippen molar-refractivity contribution < 1.29 is 10.0 Å². The van der Waals surface area contributed by atoms with Gasteiger partial charge in [0.1, 0.15) is 5.54 Å². The maximum Gasteiger partial charge on any atom is 0.221 e. The Bertz CT molecular complexity index is 296. The van der Waals surface area contributed by atoms with Crippen LogP contribution in [0, 0.1) is 5.92 Å². The largest absolute Gasteiger partial charge is 0.409 e. The van der Waals surface area contributed by atoms with Crippen LogP contribution < -0.4 is 11.1 Å². The molecule has 0 aliphatic heterocycles. The van der Waals surface area contributed by atoms with Crippen LogP contribution in [-0.2, 0) is 4.79 Å². The van der Waals surface area contributed by atoms with Crippen LogP contribution in [0.5, 0.6) is 0 Å². The predicted octanol–water partition coefficient (Wildman–Crippen LogP) is 1.60. The van der Waals surface area contributed by atoms with Gasteiger partial charge < -0.3 is 16.3 Å². The lowest BCUT2D eigenvalue weighted by atomic mass is 9.95. The third-order valence-electron chi connectivity index (χ3n) is 3.66. The molecule has 0 aromatic heterocycles. The number of oxime groups is 1. The molecular weight excluding hydrogens is 218 g/mol. The van der Waals surface area contributed by atoms with Gasteiger partial charge in [-0.05, 0) is 18.8 Å². The standard InChI is InChI=1S/C12H23N3O2/c1-3-9(2)8-10(16)14-12(11(13)15-17)6-4-5-7-12/h9,17H,3-8H2,1-2H3,(H2,13,15)(H,14,16). The van der Waals surface area contributed by atoms with E-state index in [-0.39, 0.29) is 11.7 Å². The SMILES string of the molecule is CCC(C)CC(=O)NC1(C(N)=NO)CCCC1. The maximum absolute atomic E-state index is 11.9. The Morgan fingerprint density at radius 1 is 1.53 bits per heavy atom. The fourth-order valence-electron chi connectivity index (χ4n) is 2.30. The Morgan fingerprint density at radius 3 is 2.59 bits per heavy atom. The van der Waals surface area contributed by atoms with Crippen LogP contribution in [0.15, 0.2) is 5.16 Å². The molecule has 5 heteroatoms. The number of nitrogens with two attached hydrogens (primary N) is 1. The Hall–Kier alpha value is -1.26. The summed E-state index contributed by atoms with van der Waals surface area (Å²) in [7, 11) is 0. The van der Waals surface area contributed by atoms with Crippen molar-refractivity contribution in [1.82, 2.24) is 5.32 Å². The lowest BCUT2D eigenvalue weighted by Gasteiger charge is -2.29. The number of hydrogen-bond acceptors (Lipinski definition) is 3. The fourth-order valence-corrected chi connectivity index (χ4v) is 2.30. The molecule has 1 aliphatic carbocycles. The molecule has 5 nitrogen and oxygen atoms in total. The minimum atomic E-state index is -0.612. The summed E-state index contributed by atoms with van der Waals surface area (Å²) in [5.41, 5.74) is 5.10. The Labute approximate surface area is 102 Å². The van der Waals surface area contributed by atoms with Crippen LogP contribution in [0.4, 0.5) is 0 Å². The molecule has 0 bridgehead atoms. The number of nitrogens with zero attached hydrogens (tertiary/aromatic N) is 1. The van der Waals surface area contributed by atoms with E-state index < -0.39 is 5.54 Å². The smallest absolute Gasteiger partial charge is 0.221 e. The normalized spacial score (nSPS) is 21.2. The molecule has 0 aromatic rings. The minimum absolute atomic E-state index is 0.00662. The van der Waals surface area contributed by atoms with E-state index in [4.69, 9.17) is 10.9 Å². The number of rotatable bonds is 5. The van der Waals surface area contributed by atoms with Crippen molar-refractivity contribution in [3.05, 3.63) is 0 Å². The van der Waals surface area contributed by atoms with Crippen molar-refractivity contribution in [2.45, 2.75) is 57.9 Å². The third kappa shape index (κ3) is 3.35. The number of carbonyl (C=O) groups is 1. The van der Waals surface area contributed by atoms with E-state index in [2.05, 4.69) is 17.4 Å². The summed E-state index contributed by atoms with van der Waals surface area (Å²) in [5, 5.41) is 14.8. The second-order valence-corrected chi connectivity index (χ2v) is 5.04. The molecule has 1 rings (SSSR count). The highest BCUT2D eigenvalue weighted by atomic mass is 16.4. The maximum atomic E-state index is 11.9. The number of amides is 1. The van der Waals surface area contributed by atoms with Crippen molar-refractivity contribution in [2.24, 2.45) is 16.8 Å². The molecular formula is C12H23N3O2. The fraction of sp³-hybridized carbons (Fsp3) is 0.833. The number of hydrogen-bond donors (Lipinski definition) is 3. The Balaban J connectivity index is 2.65. The van der Waals surface area contributed by atoms with E-state index in [0.29, 0.717) is 12.3 Å². The van der Waals surface area contributed by atoms with Gasteiger partial charge in [0.2, 0.25) is 5.91 Å². The average molecular weight is 241 g/mol. The van der Waals surface area contributed by atoms with E-state index in [1.807, 2.05) is 6.92 Å². The van der Waals surface area contributed by atoms with Crippen molar-refractivity contribution in [3.63, 3.8) is 0 Å². The highest BCUT2D eigenvalue weighted by Gasteiger charge is 2.39. The molecule has 0 aromatic carbocycles. The predicted molar refractivity (Wildman–Crippen MR) is 66.8 cm³/mol. The zero-order valence-corrected chi connectivity index (χ0v) is 10.7. The molecule has 1 fully saturated rings. The summed E-state index contributed by atoms with van der Waals surface area (Å²) in [6, 6.07) is 0. The third-order valence-corrected chi connectivity index (χ3v) is 3.66. The first-order valence-corrected chi connectivity index (χ1v) is 6.33. The van der Waals surface area contributed by atoms with Gasteiger partial charge in [0, 0.05) is 6.42 Å². The van der Waals surface area contributed by atoms with Crippen LogP contribution in [-0.4, -0.2) is 22.5 Å². The van der Waals surface area contributed by atoms with E-state index in [1.54, 1.807) is 0 Å². The van der Waals surface area contributed by atoms with Gasteiger partial charge in [-0.25, -0.2) is 0 Å². The van der Waals surface area contributed by atoms with Gasteiger partial charge in [-0.15, -0.1) is 0 Å². The lowest BCUT2D eigenvalue weighted by molar-refractivity contribution is -0.123. The summed E-state index contributed by atoms with van der Waals surface area (Å²) in [6.45, 7) is 4.11. The van der Waals surface area contributed by atoms with Crippen LogP contribution in [0.25, 0.3) is 0 Å². The quantitative estimate of drug-likeness (QED) is 0.296. The molecule has 1 saturated carbocycles. The molecule has 98 valence electrons. The summed E-state index contributed by atoms with van der Waals surface area (Å²) in [5.74, 6) is 0.487. The highest BCUT2D eigenvalue weighted by molar-refractivity contribution is 5.94. The lowest BCUT2D eigenvalue weighted by Crippen LogP contribution is -2.55. The number of carbonyl (C=O) groups excluding carboxylic acids is 1. The summed E-state index contributed by atoms with van der Waals surface area (Å²) in [4.78, 5) is 11.9. The first-order chi connectivity index (χ1) is 8.04. The molecule has 0 spiro atoms. The first kappa shape index (κ1) is 13.8. The second-order valence-electron chi connectivity index (χ2n) is 5.04. The molecule has 4 N–H and O–H groups in total. The van der Waals surface area contributed by atoms with E-state index in [9.17, 15) is 4.79 Å². The zero-order valence-electron chi connectivity index (χ0n) is 10.7. The molecule has 1 unspecified atom stereocenters. The van der Waals surface area contributed by atoms with Gasteiger partial charge in [0.15, 0.2) is 5.84 Å². The molecule has 0 heterocycles. The Kier molecular flexibility index (Phi) is 4.78. The van der Waals surface area contributed by atoms with Crippen molar-refractivity contribution in [1.29, 1.82) is 0 Å². The average Bonchev–Trinajstić information content (AvgIpc) is 2.77. The van der Waals surface area contributed by atoms with Gasteiger partial charge in [0.05, 0.1) is 0 Å². The van der Waals surface area contributed by atoms with Crippen LogP contribution in [0.3, 0.4) is 0 Å². The van der Waals surface area contributed by atoms with Crippen molar-refractivity contribution in [3.8, 4) is 0 Å². The Morgan fingerprint density at radius 2 is 2.12 bits per heavy atom. The monoisotopic (exact) mass is 241 g/mol. The van der Waals surface area contributed by atoms with Crippen LogP contribution in [0.1, 0.15) is 52.4 Å². The van der Waals surface area contributed by atoms with Gasteiger partial charge in [-0.2, -0.15) is 0 Å². The van der Waals surface area contributed by atoms with Crippen molar-refractivity contribution in [2.75, 3.05) is 0 Å². The second kappa shape index (κ2) is 5.89. The number of nitrogens with one attached hydrogen (secondary N) is 1. The van der Waals surface area contributed by atoms with E-state index >= 15 is 0 Å². The van der Waals surface area contributed by atoms with Gasteiger partial charge in [-0.3, -0.25) is 4.79 Å². The topological polar surface area (TPSA) is 87.7 Å². The highest BCUT2D eigenvalue weighted by Crippen LogP contribution is 2.30. The van der Waals surface area contributed by atoms with Crippen LogP contribution in [0.2, 0.25) is 0 Å². The van der Waals surface area contributed by atoms with Gasteiger partial charge in [-0.1, -0.05) is 38.3 Å². The summed E-state index contributed by atoms with van der Waals surface area (Å²) in [6.07, 6.45) is 4.99. The van der Waals surface area contributed by atoms with Gasteiger partial charge in [0.25, 0.3) is 0 Å². The zero-order chi connectivity index (χ0) is 12.9. The molecule has 0 saturated heterocycles. The molecule has 1 atom stereocenters. The van der Waals surface area contributed by atoms with Crippen LogP contribution >= 0.6 is 0 Å². The summed E-state index contributed by atoms with van der Waals surface area (Å²) < 4.78 is 0. The minimum Gasteiger partial charge on any atom is -0.409 e.